The number of carbonyl (C=O) groups excluding carboxylic acids is 1. The smallest absolute Gasteiger partial charge is 0.240 e. The number of carbonyl (C=O) groups is 1. The van der Waals surface area contributed by atoms with Crippen LogP contribution < -0.4 is 11.1 Å². The van der Waals surface area contributed by atoms with Gasteiger partial charge in [-0.05, 0) is 13.3 Å². The van der Waals surface area contributed by atoms with E-state index in [1.54, 1.807) is 17.8 Å². The van der Waals surface area contributed by atoms with Gasteiger partial charge in [0.25, 0.3) is 0 Å². The summed E-state index contributed by atoms with van der Waals surface area (Å²) in [6.45, 7) is 4.25. The molecule has 5 nitrogen and oxygen atoms in total. The van der Waals surface area contributed by atoms with Crippen molar-refractivity contribution in [3.8, 4) is 0 Å². The van der Waals surface area contributed by atoms with Gasteiger partial charge in [-0.15, -0.1) is 0 Å². The maximum Gasteiger partial charge on any atom is 0.240 e. The van der Waals surface area contributed by atoms with Gasteiger partial charge in [0.15, 0.2) is 0 Å². The molecule has 0 saturated carbocycles. The van der Waals surface area contributed by atoms with Crippen LogP contribution in [0.5, 0.6) is 0 Å². The molecule has 3 N–H and O–H groups in total. The number of nitrogens with two attached hydrogens (primary N) is 1. The minimum atomic E-state index is -0.781. The molecule has 0 spiro atoms. The molecule has 0 saturated heterocycles. The summed E-state index contributed by atoms with van der Waals surface area (Å²) in [5, 5.41) is 6.85. The van der Waals surface area contributed by atoms with Gasteiger partial charge in [-0.25, -0.2) is 0 Å². The normalized spacial score (nSPS) is 14.5. The zero-order valence-corrected chi connectivity index (χ0v) is 10.2. The lowest BCUT2D eigenvalue weighted by Crippen LogP contribution is -2.51. The van der Waals surface area contributed by atoms with E-state index in [0.717, 1.165) is 12.0 Å². The van der Waals surface area contributed by atoms with E-state index in [-0.39, 0.29) is 5.91 Å². The lowest BCUT2D eigenvalue weighted by Gasteiger charge is -2.22. The highest BCUT2D eigenvalue weighted by Gasteiger charge is 2.26. The molecule has 1 aromatic heterocycles. The predicted molar refractivity (Wildman–Crippen MR) is 62.6 cm³/mol. The van der Waals surface area contributed by atoms with E-state index in [9.17, 15) is 4.79 Å². The van der Waals surface area contributed by atoms with Crippen molar-refractivity contribution in [3.05, 3.63) is 18.0 Å². The zero-order chi connectivity index (χ0) is 12.2. The van der Waals surface area contributed by atoms with Gasteiger partial charge in [-0.3, -0.25) is 9.48 Å². The van der Waals surface area contributed by atoms with Crippen molar-refractivity contribution >= 4 is 5.91 Å². The molecule has 1 rings (SSSR count). The largest absolute Gasteiger partial charge is 0.350 e. The molecule has 1 unspecified atom stereocenters. The summed E-state index contributed by atoms with van der Waals surface area (Å²) in [5.74, 6) is -0.113. The molecule has 5 heteroatoms. The Hall–Kier alpha value is -1.36. The molecule has 90 valence electrons. The quantitative estimate of drug-likeness (QED) is 0.767. The first kappa shape index (κ1) is 12.7. The van der Waals surface area contributed by atoms with Gasteiger partial charge in [-0.1, -0.05) is 13.3 Å². The number of nitrogens with one attached hydrogen (secondary N) is 1. The molecule has 0 fully saturated rings. The molecular formula is C11H20N4O. The van der Waals surface area contributed by atoms with Crippen molar-refractivity contribution in [2.24, 2.45) is 12.8 Å². The van der Waals surface area contributed by atoms with E-state index in [2.05, 4.69) is 10.4 Å². The average molecular weight is 224 g/mol. The van der Waals surface area contributed by atoms with Crippen LogP contribution in [-0.2, 0) is 18.4 Å². The summed E-state index contributed by atoms with van der Waals surface area (Å²) < 4.78 is 1.70. The van der Waals surface area contributed by atoms with Crippen LogP contribution in [0.1, 0.15) is 32.3 Å². The van der Waals surface area contributed by atoms with E-state index < -0.39 is 5.54 Å². The first-order valence-electron chi connectivity index (χ1n) is 5.50. The monoisotopic (exact) mass is 224 g/mol. The van der Waals surface area contributed by atoms with Crippen molar-refractivity contribution in [1.82, 2.24) is 15.1 Å². The first-order chi connectivity index (χ1) is 7.45. The molecule has 0 radical (unpaired) electrons. The van der Waals surface area contributed by atoms with Crippen molar-refractivity contribution in [2.45, 2.75) is 38.8 Å². The Bertz CT molecular complexity index is 357. The van der Waals surface area contributed by atoms with E-state index >= 15 is 0 Å². The zero-order valence-electron chi connectivity index (χ0n) is 10.2. The van der Waals surface area contributed by atoms with E-state index in [1.165, 1.54) is 0 Å². The van der Waals surface area contributed by atoms with Crippen molar-refractivity contribution in [2.75, 3.05) is 0 Å². The molecule has 1 heterocycles. The molecule has 0 aliphatic rings. The molecule has 0 aliphatic carbocycles. The summed E-state index contributed by atoms with van der Waals surface area (Å²) in [5.41, 5.74) is 6.10. The number of aromatic nitrogens is 2. The molecule has 1 atom stereocenters. The number of aryl methyl sites for hydroxylation is 1. The highest BCUT2D eigenvalue weighted by molar-refractivity contribution is 5.85. The van der Waals surface area contributed by atoms with Crippen molar-refractivity contribution < 1.29 is 4.79 Å². The second-order valence-corrected chi connectivity index (χ2v) is 4.37. The Morgan fingerprint density at radius 3 is 2.88 bits per heavy atom. The van der Waals surface area contributed by atoms with E-state index in [0.29, 0.717) is 13.0 Å². The minimum absolute atomic E-state index is 0.113. The molecule has 1 amide bonds. The Morgan fingerprint density at radius 1 is 1.69 bits per heavy atom. The molecular weight excluding hydrogens is 204 g/mol. The molecule has 0 aliphatic heterocycles. The number of hydrogen-bond donors (Lipinski definition) is 2. The fourth-order valence-electron chi connectivity index (χ4n) is 1.58. The predicted octanol–water partition coefficient (Wildman–Crippen LogP) is 0.554. The SMILES string of the molecule is CCCC(C)(N)C(=O)NCc1cnn(C)c1. The van der Waals surface area contributed by atoms with Crippen LogP contribution >= 0.6 is 0 Å². The minimum Gasteiger partial charge on any atom is -0.350 e. The highest BCUT2D eigenvalue weighted by atomic mass is 16.2. The lowest BCUT2D eigenvalue weighted by atomic mass is 9.96. The summed E-state index contributed by atoms with van der Waals surface area (Å²) >= 11 is 0. The molecule has 0 aromatic carbocycles. The number of rotatable bonds is 5. The second kappa shape index (κ2) is 5.12. The topological polar surface area (TPSA) is 72.9 Å². The van der Waals surface area contributed by atoms with Gasteiger partial charge in [0.1, 0.15) is 0 Å². The Balaban J connectivity index is 2.46. The maximum absolute atomic E-state index is 11.8. The van der Waals surface area contributed by atoms with Gasteiger partial charge in [-0.2, -0.15) is 5.10 Å². The highest BCUT2D eigenvalue weighted by Crippen LogP contribution is 2.08. The van der Waals surface area contributed by atoms with Crippen LogP contribution in [0.3, 0.4) is 0 Å². The first-order valence-corrected chi connectivity index (χ1v) is 5.50. The van der Waals surface area contributed by atoms with Gasteiger partial charge >= 0.3 is 0 Å². The van der Waals surface area contributed by atoms with Crippen LogP contribution in [0.2, 0.25) is 0 Å². The van der Waals surface area contributed by atoms with Gasteiger partial charge in [0.05, 0.1) is 11.7 Å². The van der Waals surface area contributed by atoms with Crippen LogP contribution in [0.15, 0.2) is 12.4 Å². The number of hydrogen-bond acceptors (Lipinski definition) is 3. The molecule has 1 aromatic rings. The van der Waals surface area contributed by atoms with Crippen LogP contribution in [-0.4, -0.2) is 21.2 Å². The molecule has 16 heavy (non-hydrogen) atoms. The second-order valence-electron chi connectivity index (χ2n) is 4.37. The van der Waals surface area contributed by atoms with E-state index in [1.807, 2.05) is 20.2 Å². The number of nitrogens with zero attached hydrogens (tertiary/aromatic N) is 2. The van der Waals surface area contributed by atoms with Gasteiger partial charge < -0.3 is 11.1 Å². The third-order valence-electron chi connectivity index (χ3n) is 2.50. The third kappa shape index (κ3) is 3.34. The average Bonchev–Trinajstić information content (AvgIpc) is 2.60. The fraction of sp³-hybridized carbons (Fsp3) is 0.636. The fourth-order valence-corrected chi connectivity index (χ4v) is 1.58. The lowest BCUT2D eigenvalue weighted by molar-refractivity contribution is -0.126. The molecule has 0 bridgehead atoms. The third-order valence-corrected chi connectivity index (χ3v) is 2.50. The summed E-state index contributed by atoms with van der Waals surface area (Å²) in [7, 11) is 1.84. The van der Waals surface area contributed by atoms with E-state index in [4.69, 9.17) is 5.73 Å². The van der Waals surface area contributed by atoms with Crippen molar-refractivity contribution in [1.29, 1.82) is 0 Å². The standard InChI is InChI=1S/C11H20N4O/c1-4-5-11(2,12)10(16)13-6-9-7-14-15(3)8-9/h7-8H,4-6,12H2,1-3H3,(H,13,16). The summed E-state index contributed by atoms with van der Waals surface area (Å²) in [4.78, 5) is 11.8. The number of amides is 1. The van der Waals surface area contributed by atoms with Crippen LogP contribution in [0.4, 0.5) is 0 Å². The van der Waals surface area contributed by atoms with Gasteiger partial charge in [0, 0.05) is 25.4 Å². The Morgan fingerprint density at radius 2 is 2.38 bits per heavy atom. The summed E-state index contributed by atoms with van der Waals surface area (Å²) in [6.07, 6.45) is 5.18. The Labute approximate surface area is 96.0 Å². The Kier molecular flexibility index (Phi) is 4.06. The van der Waals surface area contributed by atoms with Crippen LogP contribution in [0.25, 0.3) is 0 Å². The van der Waals surface area contributed by atoms with Gasteiger partial charge in [0.2, 0.25) is 5.91 Å². The van der Waals surface area contributed by atoms with Crippen LogP contribution in [0, 0.1) is 0 Å². The van der Waals surface area contributed by atoms with Crippen molar-refractivity contribution in [3.63, 3.8) is 0 Å². The maximum atomic E-state index is 11.8. The summed E-state index contributed by atoms with van der Waals surface area (Å²) in [6, 6.07) is 0.